The summed E-state index contributed by atoms with van der Waals surface area (Å²) in [5.74, 6) is 0.870. The van der Waals surface area contributed by atoms with Gasteiger partial charge in [0.1, 0.15) is 0 Å². The number of rotatable bonds is 5. The monoisotopic (exact) mass is 487 g/mol. The molecule has 1 aromatic heterocycles. The molecule has 4 aromatic rings. The van der Waals surface area contributed by atoms with Crippen molar-refractivity contribution in [3.05, 3.63) is 93.9 Å². The quantitative estimate of drug-likeness (QED) is 0.349. The molecule has 2 heterocycles. The smallest absolute Gasteiger partial charge is 0.254 e. The van der Waals surface area contributed by atoms with E-state index in [-0.39, 0.29) is 11.8 Å². The molecule has 34 heavy (non-hydrogen) atoms. The molecule has 0 N–H and O–H groups in total. The highest BCUT2D eigenvalue weighted by molar-refractivity contribution is 7.98. The van der Waals surface area contributed by atoms with Crippen LogP contribution in [-0.2, 0) is 5.75 Å². The molecule has 0 aliphatic carbocycles. The van der Waals surface area contributed by atoms with Gasteiger partial charge in [-0.3, -0.25) is 9.59 Å². The summed E-state index contributed by atoms with van der Waals surface area (Å²) in [6.07, 6.45) is 0. The zero-order valence-corrected chi connectivity index (χ0v) is 20.6. The predicted molar refractivity (Wildman–Crippen MR) is 139 cm³/mol. The lowest BCUT2D eigenvalue weighted by atomic mass is 10.0. The van der Waals surface area contributed by atoms with Gasteiger partial charge in [-0.15, -0.1) is 23.1 Å². The number of thioether (sulfide) groups is 1. The average Bonchev–Trinajstić information content (AvgIpc) is 3.31. The molecule has 172 valence electrons. The molecule has 2 amide bonds. The minimum absolute atomic E-state index is 0.0175. The van der Waals surface area contributed by atoms with Crippen molar-refractivity contribution in [2.75, 3.05) is 26.2 Å². The van der Waals surface area contributed by atoms with Gasteiger partial charge in [0.25, 0.3) is 11.8 Å². The molecule has 0 saturated carbocycles. The second-order valence-electron chi connectivity index (χ2n) is 8.28. The maximum Gasteiger partial charge on any atom is 0.254 e. The van der Waals surface area contributed by atoms with E-state index in [2.05, 4.69) is 10.4 Å². The maximum atomic E-state index is 13.2. The Morgan fingerprint density at radius 3 is 2.26 bits per heavy atom. The Bertz CT molecular complexity index is 1320. The number of amides is 2. The van der Waals surface area contributed by atoms with Crippen molar-refractivity contribution in [2.45, 2.75) is 17.6 Å². The van der Waals surface area contributed by atoms with Crippen LogP contribution in [0.1, 0.15) is 31.4 Å². The Morgan fingerprint density at radius 1 is 0.882 bits per heavy atom. The molecule has 1 saturated heterocycles. The van der Waals surface area contributed by atoms with Crippen molar-refractivity contribution in [1.29, 1.82) is 0 Å². The molecule has 1 aliphatic heterocycles. The van der Waals surface area contributed by atoms with Gasteiger partial charge in [0, 0.05) is 53.3 Å². The number of carbonyl (C=O) groups is 2. The van der Waals surface area contributed by atoms with Crippen LogP contribution in [-0.4, -0.2) is 52.8 Å². The number of fused-ring (bicyclic) bond motifs is 1. The van der Waals surface area contributed by atoms with Gasteiger partial charge in [-0.1, -0.05) is 36.4 Å². The summed E-state index contributed by atoms with van der Waals surface area (Å²) < 4.78 is 0. The summed E-state index contributed by atoms with van der Waals surface area (Å²) in [6, 6.07) is 21.6. The molecule has 1 aliphatic rings. The third kappa shape index (κ3) is 4.86. The first-order valence-electron chi connectivity index (χ1n) is 11.3. The molecule has 0 bridgehead atoms. The second kappa shape index (κ2) is 9.99. The first-order valence-corrected chi connectivity index (χ1v) is 13.2. The van der Waals surface area contributed by atoms with Crippen molar-refractivity contribution in [3.63, 3.8) is 0 Å². The number of thiazole rings is 1. The fourth-order valence-electron chi connectivity index (χ4n) is 4.20. The maximum absolute atomic E-state index is 13.2. The highest BCUT2D eigenvalue weighted by Gasteiger charge is 2.26. The second-order valence-corrected chi connectivity index (χ2v) is 10.4. The molecule has 0 atom stereocenters. The Morgan fingerprint density at radius 2 is 1.56 bits per heavy atom. The van der Waals surface area contributed by atoms with E-state index >= 15 is 0 Å². The van der Waals surface area contributed by atoms with Gasteiger partial charge < -0.3 is 9.80 Å². The topological polar surface area (TPSA) is 53.5 Å². The van der Waals surface area contributed by atoms with Crippen LogP contribution in [0.5, 0.6) is 0 Å². The van der Waals surface area contributed by atoms with E-state index in [1.807, 2.05) is 83.5 Å². The molecule has 5 rings (SSSR count). The zero-order valence-electron chi connectivity index (χ0n) is 18.9. The fraction of sp³-hybridized carbons (Fsp3) is 0.222. The van der Waals surface area contributed by atoms with Crippen molar-refractivity contribution in [3.8, 4) is 0 Å². The number of aromatic nitrogens is 1. The van der Waals surface area contributed by atoms with Gasteiger partial charge in [-0.2, -0.15) is 0 Å². The van der Waals surface area contributed by atoms with Crippen molar-refractivity contribution < 1.29 is 9.59 Å². The molecular weight excluding hydrogens is 462 g/mol. The highest BCUT2D eigenvalue weighted by atomic mass is 32.2. The number of nitrogens with zero attached hydrogens (tertiary/aromatic N) is 3. The Labute approximate surface area is 207 Å². The molecule has 7 heteroatoms. The summed E-state index contributed by atoms with van der Waals surface area (Å²) in [4.78, 5) is 35.5. The summed E-state index contributed by atoms with van der Waals surface area (Å²) in [7, 11) is 0. The predicted octanol–water partition coefficient (Wildman–Crippen LogP) is 5.50. The van der Waals surface area contributed by atoms with Crippen LogP contribution in [0.25, 0.3) is 10.8 Å². The van der Waals surface area contributed by atoms with Crippen LogP contribution in [0.3, 0.4) is 0 Å². The summed E-state index contributed by atoms with van der Waals surface area (Å²) in [5.41, 5.74) is 2.49. The van der Waals surface area contributed by atoms with E-state index in [0.717, 1.165) is 37.7 Å². The summed E-state index contributed by atoms with van der Waals surface area (Å²) in [6.45, 7) is 4.16. The van der Waals surface area contributed by atoms with Crippen molar-refractivity contribution in [1.82, 2.24) is 14.8 Å². The number of hydrogen-bond acceptors (Lipinski definition) is 5. The summed E-state index contributed by atoms with van der Waals surface area (Å²) in [5, 5.41) is 5.20. The first kappa shape index (κ1) is 22.6. The Hall–Kier alpha value is -3.16. The van der Waals surface area contributed by atoms with Gasteiger partial charge in [-0.05, 0) is 48.0 Å². The van der Waals surface area contributed by atoms with E-state index in [1.165, 1.54) is 0 Å². The van der Waals surface area contributed by atoms with Gasteiger partial charge in [0.2, 0.25) is 0 Å². The average molecular weight is 488 g/mol. The van der Waals surface area contributed by atoms with E-state index in [9.17, 15) is 9.59 Å². The zero-order chi connectivity index (χ0) is 23.5. The number of carbonyl (C=O) groups excluding carboxylic acids is 2. The minimum atomic E-state index is 0.0175. The van der Waals surface area contributed by atoms with Crippen molar-refractivity contribution in [2.24, 2.45) is 0 Å². The third-order valence-electron chi connectivity index (χ3n) is 6.03. The lowest BCUT2D eigenvalue weighted by Crippen LogP contribution is -2.50. The minimum Gasteiger partial charge on any atom is -0.335 e. The lowest BCUT2D eigenvalue weighted by molar-refractivity contribution is 0.0536. The molecule has 3 aromatic carbocycles. The van der Waals surface area contributed by atoms with Gasteiger partial charge >= 0.3 is 0 Å². The standard InChI is InChI=1S/C27H25N3O2S2/c1-19-28-22(17-33-19)18-34-23-11-9-21(10-12-23)26(31)29-13-15-30(16-14-29)27(32)25-8-4-6-20-5-2-3-7-24(20)25/h2-12,17H,13-16,18H2,1H3. The van der Waals surface area contributed by atoms with E-state index < -0.39 is 0 Å². The first-order chi connectivity index (χ1) is 16.6. The Kier molecular flexibility index (Phi) is 6.65. The van der Waals surface area contributed by atoms with E-state index in [1.54, 1.807) is 23.1 Å². The highest BCUT2D eigenvalue weighted by Crippen LogP contribution is 2.25. The molecule has 1 fully saturated rings. The van der Waals surface area contributed by atoms with Gasteiger partial charge in [0.05, 0.1) is 10.7 Å². The third-order valence-corrected chi connectivity index (χ3v) is 7.90. The normalized spacial score (nSPS) is 13.9. The van der Waals surface area contributed by atoms with E-state index in [4.69, 9.17) is 0 Å². The number of benzene rings is 3. The Balaban J connectivity index is 1.18. The molecule has 0 radical (unpaired) electrons. The number of hydrogen-bond donors (Lipinski definition) is 0. The van der Waals surface area contributed by atoms with Crippen LogP contribution in [0.15, 0.2) is 77.0 Å². The van der Waals surface area contributed by atoms with Crippen LogP contribution >= 0.6 is 23.1 Å². The van der Waals surface area contributed by atoms with Gasteiger partial charge in [-0.25, -0.2) is 4.98 Å². The van der Waals surface area contributed by atoms with Crippen molar-refractivity contribution >= 4 is 45.7 Å². The van der Waals surface area contributed by atoms with Crippen LogP contribution in [0.2, 0.25) is 0 Å². The van der Waals surface area contributed by atoms with Gasteiger partial charge in [0.15, 0.2) is 0 Å². The molecule has 0 unspecified atom stereocenters. The molecule has 0 spiro atoms. The van der Waals surface area contributed by atoms with Crippen LogP contribution < -0.4 is 0 Å². The number of piperazine rings is 1. The van der Waals surface area contributed by atoms with E-state index in [0.29, 0.717) is 31.7 Å². The fourth-order valence-corrected chi connectivity index (χ4v) is 5.71. The van der Waals surface area contributed by atoms with Crippen LogP contribution in [0, 0.1) is 6.92 Å². The molecular formula is C27H25N3O2S2. The molecule has 5 nitrogen and oxygen atoms in total. The summed E-state index contributed by atoms with van der Waals surface area (Å²) >= 11 is 3.38. The largest absolute Gasteiger partial charge is 0.335 e. The SMILES string of the molecule is Cc1nc(CSc2ccc(C(=O)N3CCN(C(=O)c4cccc5ccccc45)CC3)cc2)cs1. The lowest BCUT2D eigenvalue weighted by Gasteiger charge is -2.35. The van der Waals surface area contributed by atoms with Crippen LogP contribution in [0.4, 0.5) is 0 Å². The number of aryl methyl sites for hydroxylation is 1.